The third-order valence-electron chi connectivity index (χ3n) is 5.35. The summed E-state index contributed by atoms with van der Waals surface area (Å²) in [5.41, 5.74) is 0. The number of likely N-dealkylation sites (N-methyl/N-ethyl adjacent to an activating group) is 1. The first-order chi connectivity index (χ1) is 10.5. The van der Waals surface area contributed by atoms with Crippen LogP contribution in [0.15, 0.2) is 0 Å². The van der Waals surface area contributed by atoms with Crippen LogP contribution >= 0.6 is 0 Å². The van der Waals surface area contributed by atoms with Gasteiger partial charge in [-0.25, -0.2) is 4.79 Å². The van der Waals surface area contributed by atoms with Crippen molar-refractivity contribution >= 4 is 11.9 Å². The molecule has 5 nitrogen and oxygen atoms in total. The van der Waals surface area contributed by atoms with Gasteiger partial charge in [0.25, 0.3) is 0 Å². The van der Waals surface area contributed by atoms with Gasteiger partial charge in [-0.15, -0.1) is 0 Å². The van der Waals surface area contributed by atoms with Crippen LogP contribution < -0.4 is 10.6 Å². The number of imide groups is 1. The van der Waals surface area contributed by atoms with E-state index in [1.165, 1.54) is 25.7 Å². The highest BCUT2D eigenvalue weighted by atomic mass is 16.2. The summed E-state index contributed by atoms with van der Waals surface area (Å²) in [7, 11) is 1.91. The minimum Gasteiger partial charge on any atom is -0.335 e. The molecule has 5 heteroatoms. The van der Waals surface area contributed by atoms with Crippen LogP contribution in [0.2, 0.25) is 0 Å². The van der Waals surface area contributed by atoms with Gasteiger partial charge in [-0.2, -0.15) is 0 Å². The number of hydrogen-bond donors (Lipinski definition) is 2. The van der Waals surface area contributed by atoms with Crippen molar-refractivity contribution in [1.29, 1.82) is 0 Å². The van der Waals surface area contributed by atoms with Gasteiger partial charge in [0.1, 0.15) is 0 Å². The molecule has 0 aliphatic heterocycles. The number of carbonyl (C=O) groups excluding carboxylic acids is 2. The van der Waals surface area contributed by atoms with Crippen LogP contribution in [0.3, 0.4) is 0 Å². The first kappa shape index (κ1) is 17.3. The Bertz CT molecular complexity index is 399. The molecule has 4 unspecified atom stereocenters. The summed E-state index contributed by atoms with van der Waals surface area (Å²) in [4.78, 5) is 25.8. The summed E-state index contributed by atoms with van der Waals surface area (Å²) < 4.78 is 0. The van der Waals surface area contributed by atoms with E-state index < -0.39 is 0 Å². The Kier molecular flexibility index (Phi) is 6.24. The molecule has 126 valence electrons. The van der Waals surface area contributed by atoms with Gasteiger partial charge in [-0.3, -0.25) is 15.0 Å². The highest BCUT2D eigenvalue weighted by Crippen LogP contribution is 2.49. The predicted octanol–water partition coefficient (Wildman–Crippen LogP) is 2.37. The van der Waals surface area contributed by atoms with Crippen molar-refractivity contribution in [3.05, 3.63) is 0 Å². The van der Waals surface area contributed by atoms with Crippen LogP contribution in [-0.4, -0.2) is 43.0 Å². The molecule has 2 aliphatic rings. The standard InChI is InChI=1S/C17H31N3O2/c1-4-5-8-20(3)11-16(21)19-17(22)18-12(2)15-10-13-6-7-14(15)9-13/h12-15H,4-11H2,1-3H3,(H2,18,19,21,22). The molecule has 3 amide bonds. The molecule has 0 aromatic carbocycles. The van der Waals surface area contributed by atoms with Crippen LogP contribution in [0.25, 0.3) is 0 Å². The summed E-state index contributed by atoms with van der Waals surface area (Å²) in [5, 5.41) is 5.42. The van der Waals surface area contributed by atoms with Crippen LogP contribution in [0.4, 0.5) is 4.79 Å². The largest absolute Gasteiger partial charge is 0.335 e. The number of fused-ring (bicyclic) bond motifs is 2. The summed E-state index contributed by atoms with van der Waals surface area (Å²) in [6, 6.07) is -0.190. The Morgan fingerprint density at radius 2 is 2.05 bits per heavy atom. The molecule has 2 N–H and O–H groups in total. The lowest BCUT2D eigenvalue weighted by molar-refractivity contribution is -0.120. The van der Waals surface area contributed by atoms with Gasteiger partial charge in [-0.1, -0.05) is 19.8 Å². The Labute approximate surface area is 134 Å². The van der Waals surface area contributed by atoms with Crippen LogP contribution in [-0.2, 0) is 4.79 Å². The molecule has 0 radical (unpaired) electrons. The smallest absolute Gasteiger partial charge is 0.321 e. The van der Waals surface area contributed by atoms with Crippen molar-refractivity contribution in [2.24, 2.45) is 17.8 Å². The number of rotatable bonds is 7. The quantitative estimate of drug-likeness (QED) is 0.759. The molecule has 0 saturated heterocycles. The van der Waals surface area contributed by atoms with E-state index in [4.69, 9.17) is 0 Å². The highest BCUT2D eigenvalue weighted by molar-refractivity contribution is 5.95. The first-order valence-corrected chi connectivity index (χ1v) is 8.78. The van der Waals surface area contributed by atoms with E-state index in [0.29, 0.717) is 5.92 Å². The summed E-state index contributed by atoms with van der Waals surface area (Å²) in [5.74, 6) is 2.01. The van der Waals surface area contributed by atoms with Gasteiger partial charge in [0.2, 0.25) is 5.91 Å². The molecule has 0 aromatic heterocycles. The van der Waals surface area contributed by atoms with Gasteiger partial charge in [-0.05, 0) is 64.0 Å². The number of carbonyl (C=O) groups is 2. The molecule has 0 aromatic rings. The average Bonchev–Trinajstić information content (AvgIpc) is 3.07. The molecule has 2 saturated carbocycles. The van der Waals surface area contributed by atoms with Crippen molar-refractivity contribution in [3.8, 4) is 0 Å². The van der Waals surface area contributed by atoms with Crippen molar-refractivity contribution in [2.45, 2.75) is 58.4 Å². The second kappa shape index (κ2) is 7.95. The molecule has 4 atom stereocenters. The van der Waals surface area contributed by atoms with Gasteiger partial charge in [0.05, 0.1) is 6.54 Å². The lowest BCUT2D eigenvalue weighted by Crippen LogP contribution is -2.49. The van der Waals surface area contributed by atoms with Crippen LogP contribution in [0, 0.1) is 17.8 Å². The van der Waals surface area contributed by atoms with Gasteiger partial charge in [0.15, 0.2) is 0 Å². The zero-order chi connectivity index (χ0) is 16.1. The van der Waals surface area contributed by atoms with Crippen LogP contribution in [0.5, 0.6) is 0 Å². The zero-order valence-electron chi connectivity index (χ0n) is 14.2. The number of hydrogen-bond acceptors (Lipinski definition) is 3. The first-order valence-electron chi connectivity index (χ1n) is 8.78. The minimum atomic E-state index is -0.343. The molecule has 2 aliphatic carbocycles. The van der Waals surface area contributed by atoms with Crippen LogP contribution in [0.1, 0.15) is 52.4 Å². The fourth-order valence-corrected chi connectivity index (χ4v) is 4.17. The Hall–Kier alpha value is -1.10. The topological polar surface area (TPSA) is 61.4 Å². The average molecular weight is 309 g/mol. The fourth-order valence-electron chi connectivity index (χ4n) is 4.17. The number of urea groups is 1. The number of amides is 3. The second-order valence-corrected chi connectivity index (χ2v) is 7.24. The summed E-state index contributed by atoms with van der Waals surface area (Å²) in [6.45, 7) is 5.35. The maximum absolute atomic E-state index is 12.0. The third-order valence-corrected chi connectivity index (χ3v) is 5.35. The predicted molar refractivity (Wildman–Crippen MR) is 87.5 cm³/mol. The minimum absolute atomic E-state index is 0.154. The molecule has 22 heavy (non-hydrogen) atoms. The second-order valence-electron chi connectivity index (χ2n) is 7.24. The van der Waals surface area contributed by atoms with Crippen molar-refractivity contribution < 1.29 is 9.59 Å². The Morgan fingerprint density at radius 1 is 1.27 bits per heavy atom. The number of nitrogens with one attached hydrogen (secondary N) is 2. The third kappa shape index (κ3) is 4.70. The fraction of sp³-hybridized carbons (Fsp3) is 0.882. The normalized spacial score (nSPS) is 27.9. The SMILES string of the molecule is CCCCN(C)CC(=O)NC(=O)NC(C)C1CC2CCC1C2. The molecule has 2 bridgehead atoms. The zero-order valence-corrected chi connectivity index (χ0v) is 14.2. The van der Waals surface area contributed by atoms with Crippen molar-refractivity contribution in [3.63, 3.8) is 0 Å². The molecular formula is C17H31N3O2. The van der Waals surface area contributed by atoms with E-state index in [2.05, 4.69) is 24.5 Å². The number of unbranched alkanes of at least 4 members (excludes halogenated alkanes) is 1. The van der Waals surface area contributed by atoms with E-state index in [9.17, 15) is 9.59 Å². The Balaban J connectivity index is 1.67. The highest BCUT2D eigenvalue weighted by Gasteiger charge is 2.42. The molecule has 0 spiro atoms. The molecule has 2 rings (SSSR count). The van der Waals surface area contributed by atoms with E-state index in [0.717, 1.165) is 31.2 Å². The van der Waals surface area contributed by atoms with E-state index in [1.54, 1.807) is 0 Å². The summed E-state index contributed by atoms with van der Waals surface area (Å²) in [6.07, 6.45) is 7.41. The lowest BCUT2D eigenvalue weighted by atomic mass is 9.84. The maximum Gasteiger partial charge on any atom is 0.321 e. The van der Waals surface area contributed by atoms with Gasteiger partial charge in [0, 0.05) is 6.04 Å². The van der Waals surface area contributed by atoms with Crippen molar-refractivity contribution in [2.75, 3.05) is 20.1 Å². The maximum atomic E-state index is 12.0. The van der Waals surface area contributed by atoms with E-state index in [-0.39, 0.29) is 24.5 Å². The monoisotopic (exact) mass is 309 g/mol. The van der Waals surface area contributed by atoms with E-state index >= 15 is 0 Å². The lowest BCUT2D eigenvalue weighted by Gasteiger charge is -2.28. The molecular weight excluding hydrogens is 278 g/mol. The van der Waals surface area contributed by atoms with Gasteiger partial charge < -0.3 is 5.32 Å². The summed E-state index contributed by atoms with van der Waals surface area (Å²) >= 11 is 0. The van der Waals surface area contributed by atoms with Gasteiger partial charge >= 0.3 is 6.03 Å². The van der Waals surface area contributed by atoms with E-state index in [1.807, 2.05) is 11.9 Å². The Morgan fingerprint density at radius 3 is 2.64 bits per heavy atom. The van der Waals surface area contributed by atoms with Crippen molar-refractivity contribution in [1.82, 2.24) is 15.5 Å². The molecule has 2 fully saturated rings. The molecule has 0 heterocycles. The number of nitrogens with zero attached hydrogens (tertiary/aromatic N) is 1.